The van der Waals surface area contributed by atoms with Gasteiger partial charge in [0.05, 0.1) is 4.91 Å². The smallest absolute Gasteiger partial charge is 0.293 e. The van der Waals surface area contributed by atoms with Gasteiger partial charge in [-0.1, -0.05) is 6.07 Å². The Bertz CT molecular complexity index is 589. The van der Waals surface area contributed by atoms with E-state index in [2.05, 4.69) is 15.6 Å². The molecule has 1 saturated heterocycles. The Balaban J connectivity index is 2.00. The molecule has 1 aliphatic heterocycles. The van der Waals surface area contributed by atoms with Gasteiger partial charge in [-0.05, 0) is 41.7 Å². The van der Waals surface area contributed by atoms with E-state index < -0.39 is 0 Å². The first-order valence-corrected chi connectivity index (χ1v) is 7.45. The first-order chi connectivity index (χ1) is 10.1. The number of hydrogen-bond donors (Lipinski definition) is 2. The van der Waals surface area contributed by atoms with Crippen LogP contribution in [0.4, 0.5) is 4.79 Å². The van der Waals surface area contributed by atoms with Crippen molar-refractivity contribution in [1.82, 2.24) is 20.5 Å². The van der Waals surface area contributed by atoms with Gasteiger partial charge in [-0.25, -0.2) is 0 Å². The number of nitrogens with zero attached hydrogens (tertiary/aromatic N) is 2. The van der Waals surface area contributed by atoms with Gasteiger partial charge in [0.25, 0.3) is 11.1 Å². The number of rotatable bonds is 4. The maximum atomic E-state index is 12.2. The fourth-order valence-electron chi connectivity index (χ4n) is 1.68. The van der Waals surface area contributed by atoms with E-state index in [9.17, 15) is 9.59 Å². The number of thiocarbonyl (C=S) groups is 1. The monoisotopic (exact) mass is 322 g/mol. The van der Waals surface area contributed by atoms with E-state index in [1.165, 1.54) is 4.90 Å². The molecule has 1 aromatic heterocycles. The molecule has 0 aliphatic carbocycles. The van der Waals surface area contributed by atoms with Crippen LogP contribution in [0, 0.1) is 0 Å². The number of carbonyl (C=O) groups is 2. The van der Waals surface area contributed by atoms with Crippen LogP contribution in [0.15, 0.2) is 29.4 Å². The van der Waals surface area contributed by atoms with Gasteiger partial charge in [-0.2, -0.15) is 0 Å². The number of pyridine rings is 1. The van der Waals surface area contributed by atoms with Crippen LogP contribution in [-0.4, -0.2) is 46.3 Å². The number of amides is 2. The molecular weight excluding hydrogens is 308 g/mol. The fourth-order valence-corrected chi connectivity index (χ4v) is 2.64. The van der Waals surface area contributed by atoms with Crippen LogP contribution in [-0.2, 0) is 4.79 Å². The summed E-state index contributed by atoms with van der Waals surface area (Å²) in [7, 11) is 1.70. The van der Waals surface area contributed by atoms with Crippen molar-refractivity contribution in [1.29, 1.82) is 0 Å². The van der Waals surface area contributed by atoms with Crippen LogP contribution < -0.4 is 10.6 Å². The van der Waals surface area contributed by atoms with Gasteiger partial charge in [-0.3, -0.25) is 19.5 Å². The van der Waals surface area contributed by atoms with E-state index >= 15 is 0 Å². The molecular formula is C13H14N4O2S2. The second-order valence-electron chi connectivity index (χ2n) is 4.13. The SMILES string of the molecule is CNC(=S)NCCN1C(=O)S/C(=C/c2cccnc2)C1=O. The van der Waals surface area contributed by atoms with Crippen LogP contribution in [0.1, 0.15) is 5.56 Å². The van der Waals surface area contributed by atoms with E-state index in [1.54, 1.807) is 31.6 Å². The maximum absolute atomic E-state index is 12.2. The van der Waals surface area contributed by atoms with Crippen molar-refractivity contribution < 1.29 is 9.59 Å². The molecule has 2 rings (SSSR count). The first kappa shape index (κ1) is 15.5. The lowest BCUT2D eigenvalue weighted by Gasteiger charge is -2.13. The minimum Gasteiger partial charge on any atom is -0.366 e. The van der Waals surface area contributed by atoms with E-state index in [4.69, 9.17) is 12.2 Å². The average molecular weight is 322 g/mol. The van der Waals surface area contributed by atoms with Gasteiger partial charge >= 0.3 is 0 Å². The maximum Gasteiger partial charge on any atom is 0.293 e. The third-order valence-electron chi connectivity index (χ3n) is 2.70. The summed E-state index contributed by atoms with van der Waals surface area (Å²) in [6.45, 7) is 0.689. The summed E-state index contributed by atoms with van der Waals surface area (Å²) in [5.74, 6) is -0.286. The number of hydrogen-bond acceptors (Lipinski definition) is 5. The number of thioether (sulfide) groups is 1. The molecule has 0 unspecified atom stereocenters. The lowest BCUT2D eigenvalue weighted by molar-refractivity contribution is -0.122. The predicted molar refractivity (Wildman–Crippen MR) is 86.6 cm³/mol. The molecule has 2 amide bonds. The summed E-state index contributed by atoms with van der Waals surface area (Å²) in [6, 6.07) is 3.60. The molecule has 2 heterocycles. The Labute approximate surface area is 132 Å². The third kappa shape index (κ3) is 4.02. The van der Waals surface area contributed by atoms with Gasteiger partial charge in [0, 0.05) is 32.5 Å². The molecule has 8 heteroatoms. The fraction of sp³-hybridized carbons (Fsp3) is 0.231. The molecule has 1 aromatic rings. The highest BCUT2D eigenvalue weighted by atomic mass is 32.2. The summed E-state index contributed by atoms with van der Waals surface area (Å²) >= 11 is 5.87. The normalized spacial score (nSPS) is 16.4. The van der Waals surface area contributed by atoms with E-state index in [0.29, 0.717) is 16.6 Å². The second kappa shape index (κ2) is 7.19. The zero-order valence-corrected chi connectivity index (χ0v) is 13.0. The van der Waals surface area contributed by atoms with E-state index in [1.807, 2.05) is 6.07 Å². The summed E-state index contributed by atoms with van der Waals surface area (Å²) in [6.07, 6.45) is 4.96. The second-order valence-corrected chi connectivity index (χ2v) is 5.53. The van der Waals surface area contributed by atoms with Gasteiger partial charge in [0.15, 0.2) is 5.11 Å². The van der Waals surface area contributed by atoms with Crippen molar-refractivity contribution in [2.24, 2.45) is 0 Å². The van der Waals surface area contributed by atoms with Gasteiger partial charge in [0.1, 0.15) is 0 Å². The molecule has 1 aliphatic rings. The Morgan fingerprint density at radius 3 is 3.00 bits per heavy atom. The summed E-state index contributed by atoms with van der Waals surface area (Å²) in [5, 5.41) is 5.87. The van der Waals surface area contributed by atoms with Crippen LogP contribution in [0.3, 0.4) is 0 Å². The number of carbonyl (C=O) groups excluding carboxylic acids is 2. The lowest BCUT2D eigenvalue weighted by Crippen LogP contribution is -2.40. The van der Waals surface area contributed by atoms with Gasteiger partial charge in [-0.15, -0.1) is 0 Å². The van der Waals surface area contributed by atoms with Crippen molar-refractivity contribution in [2.75, 3.05) is 20.1 Å². The topological polar surface area (TPSA) is 74.3 Å². The zero-order valence-electron chi connectivity index (χ0n) is 11.3. The van der Waals surface area contributed by atoms with Crippen molar-refractivity contribution in [3.8, 4) is 0 Å². The third-order valence-corrected chi connectivity index (χ3v) is 3.96. The van der Waals surface area contributed by atoms with Crippen LogP contribution in [0.25, 0.3) is 6.08 Å². The van der Waals surface area contributed by atoms with Crippen molar-refractivity contribution in [3.05, 3.63) is 35.0 Å². The molecule has 6 nitrogen and oxygen atoms in total. The highest BCUT2D eigenvalue weighted by Gasteiger charge is 2.34. The summed E-state index contributed by atoms with van der Waals surface area (Å²) in [4.78, 5) is 29.6. The Kier molecular flexibility index (Phi) is 5.29. The largest absolute Gasteiger partial charge is 0.366 e. The zero-order chi connectivity index (χ0) is 15.2. The Hall–Kier alpha value is -1.93. The molecule has 0 atom stereocenters. The molecule has 0 spiro atoms. The van der Waals surface area contributed by atoms with E-state index in [0.717, 1.165) is 17.3 Å². The molecule has 0 bridgehead atoms. The summed E-state index contributed by atoms with van der Waals surface area (Å²) in [5.41, 5.74) is 0.789. The molecule has 21 heavy (non-hydrogen) atoms. The quantitative estimate of drug-likeness (QED) is 0.637. The predicted octanol–water partition coefficient (Wildman–Crippen LogP) is 1.21. The highest BCUT2D eigenvalue weighted by Crippen LogP contribution is 2.31. The van der Waals surface area contributed by atoms with Crippen LogP contribution in [0.5, 0.6) is 0 Å². The van der Waals surface area contributed by atoms with Crippen molar-refractivity contribution in [2.45, 2.75) is 0 Å². The molecule has 1 fully saturated rings. The van der Waals surface area contributed by atoms with Gasteiger partial charge in [0.2, 0.25) is 0 Å². The Morgan fingerprint density at radius 1 is 1.52 bits per heavy atom. The summed E-state index contributed by atoms with van der Waals surface area (Å²) < 4.78 is 0. The minimum atomic E-state index is -0.286. The average Bonchev–Trinajstić information content (AvgIpc) is 2.75. The number of aromatic nitrogens is 1. The highest BCUT2D eigenvalue weighted by molar-refractivity contribution is 8.18. The molecule has 2 N–H and O–H groups in total. The first-order valence-electron chi connectivity index (χ1n) is 6.23. The molecule has 0 radical (unpaired) electrons. The molecule has 0 saturated carbocycles. The van der Waals surface area contributed by atoms with Crippen molar-refractivity contribution in [3.63, 3.8) is 0 Å². The van der Waals surface area contributed by atoms with Gasteiger partial charge < -0.3 is 10.6 Å². The number of imide groups is 1. The Morgan fingerprint density at radius 2 is 2.33 bits per heavy atom. The van der Waals surface area contributed by atoms with Crippen LogP contribution >= 0.6 is 24.0 Å². The standard InChI is InChI=1S/C13H14N4O2S2/c1-14-12(20)16-5-6-17-11(18)10(21-13(17)19)7-9-3-2-4-15-8-9/h2-4,7-8H,5-6H2,1H3,(H2,14,16,20)/b10-7+. The lowest BCUT2D eigenvalue weighted by atomic mass is 10.2. The molecule has 110 valence electrons. The minimum absolute atomic E-state index is 0.271. The van der Waals surface area contributed by atoms with Crippen LogP contribution in [0.2, 0.25) is 0 Å². The molecule has 0 aromatic carbocycles. The van der Waals surface area contributed by atoms with E-state index in [-0.39, 0.29) is 17.7 Å². The van der Waals surface area contributed by atoms with Crippen molar-refractivity contribution >= 4 is 46.3 Å². The number of nitrogens with one attached hydrogen (secondary N) is 2.